The fourth-order valence-electron chi connectivity index (χ4n) is 5.60. The van der Waals surface area contributed by atoms with Crippen molar-refractivity contribution in [3.8, 4) is 17.6 Å². The fraction of sp³-hybridized carbons (Fsp3) is 0.457. The molecule has 4 rings (SSSR count). The highest BCUT2D eigenvalue weighted by Crippen LogP contribution is 2.49. The van der Waals surface area contributed by atoms with Crippen molar-refractivity contribution < 1.29 is 28.0 Å². The van der Waals surface area contributed by atoms with Crippen LogP contribution in [0.15, 0.2) is 78.9 Å². The first-order valence-electron chi connectivity index (χ1n) is 15.2. The maximum atomic E-state index is 9.12. The van der Waals surface area contributed by atoms with Gasteiger partial charge in [-0.15, -0.1) is 0 Å². The number of nitrogens with zero attached hydrogens (tertiary/aromatic N) is 2. The molecule has 1 aliphatic heterocycles. The van der Waals surface area contributed by atoms with Gasteiger partial charge in [0.2, 0.25) is 0 Å². The predicted molar refractivity (Wildman–Crippen MR) is 173 cm³/mol. The van der Waals surface area contributed by atoms with Gasteiger partial charge in [0, 0.05) is 25.1 Å². The summed E-state index contributed by atoms with van der Waals surface area (Å²) < 4.78 is 39.5. The summed E-state index contributed by atoms with van der Waals surface area (Å²) in [5.74, 6) is 1.53. The average Bonchev–Trinajstić information content (AvgIpc) is 3.49. The van der Waals surface area contributed by atoms with E-state index in [4.69, 9.17) is 33.3 Å². The molecule has 1 fully saturated rings. The highest BCUT2D eigenvalue weighted by atomic mass is 31.2. The molecule has 0 N–H and O–H groups in total. The molecule has 0 radical (unpaired) electrons. The zero-order valence-corrected chi connectivity index (χ0v) is 27.5. The maximum absolute atomic E-state index is 9.12. The molecule has 0 bridgehead atoms. The molecule has 3 aromatic rings. The first-order valence-corrected chi connectivity index (χ1v) is 16.3. The molecule has 0 spiro atoms. The molecule has 3 aromatic carbocycles. The Morgan fingerprint density at radius 3 is 1.91 bits per heavy atom. The van der Waals surface area contributed by atoms with Crippen LogP contribution in [0.4, 0.5) is 0 Å². The lowest BCUT2D eigenvalue weighted by atomic mass is 9.80. The van der Waals surface area contributed by atoms with Crippen LogP contribution in [0.5, 0.6) is 11.5 Å². The quantitative estimate of drug-likeness (QED) is 0.0927. The van der Waals surface area contributed by atoms with E-state index in [0.717, 1.165) is 34.6 Å². The Kier molecular flexibility index (Phi) is 12.6. The van der Waals surface area contributed by atoms with Crippen LogP contribution < -0.4 is 9.47 Å². The van der Waals surface area contributed by atoms with Gasteiger partial charge in [0.15, 0.2) is 0 Å². The average molecular weight is 621 g/mol. The van der Waals surface area contributed by atoms with Gasteiger partial charge >= 0.3 is 0 Å². The van der Waals surface area contributed by atoms with Crippen molar-refractivity contribution in [2.45, 2.75) is 70.4 Å². The van der Waals surface area contributed by atoms with Gasteiger partial charge in [-0.25, -0.2) is 4.67 Å². The van der Waals surface area contributed by atoms with Gasteiger partial charge < -0.3 is 28.0 Å². The lowest BCUT2D eigenvalue weighted by Crippen LogP contribution is -2.39. The van der Waals surface area contributed by atoms with Crippen LogP contribution >= 0.6 is 8.53 Å². The van der Waals surface area contributed by atoms with Crippen LogP contribution in [-0.2, 0) is 24.1 Å². The zero-order chi connectivity index (χ0) is 31.5. The minimum absolute atomic E-state index is 0.205. The highest BCUT2D eigenvalue weighted by molar-refractivity contribution is 7.44. The first-order chi connectivity index (χ1) is 21.3. The minimum Gasteiger partial charge on any atom is -0.497 e. The molecule has 0 aliphatic carbocycles. The van der Waals surface area contributed by atoms with Crippen LogP contribution in [-0.4, -0.2) is 63.0 Å². The molecule has 0 amide bonds. The van der Waals surface area contributed by atoms with E-state index in [1.54, 1.807) is 14.2 Å². The largest absolute Gasteiger partial charge is 0.497 e. The fourth-order valence-corrected chi connectivity index (χ4v) is 7.37. The molecular weight excluding hydrogens is 575 g/mol. The molecular formula is C35H45N2O6P. The Morgan fingerprint density at radius 1 is 0.864 bits per heavy atom. The standard InChI is InChI=1S/C35H45N2O6P/c1-26(2)37(27(3)4)44(42-23-10-22-36)43-33-21-24-40-34(33)25-41-35(28-11-8-7-9-12-28,29-13-17-31(38-5)18-14-29)30-15-19-32(39-6)20-16-30/h7-9,11-20,26-27,33-34H,10,21,23-25H2,1-6H3/t33?,34-,44?/m1/s1. The van der Waals surface area contributed by atoms with Gasteiger partial charge in [-0.05, 0) is 68.7 Å². The molecule has 8 nitrogen and oxygen atoms in total. The molecule has 3 atom stereocenters. The van der Waals surface area contributed by atoms with Gasteiger partial charge in [0.05, 0.1) is 46.0 Å². The normalized spacial score (nSPS) is 17.6. The third-order valence-electron chi connectivity index (χ3n) is 7.67. The summed E-state index contributed by atoms with van der Waals surface area (Å²) in [6, 6.07) is 28.8. The van der Waals surface area contributed by atoms with Gasteiger partial charge in [-0.3, -0.25) is 0 Å². The summed E-state index contributed by atoms with van der Waals surface area (Å²) in [4.78, 5) is 0. The van der Waals surface area contributed by atoms with Crippen molar-refractivity contribution in [1.82, 2.24) is 4.67 Å². The summed E-state index contributed by atoms with van der Waals surface area (Å²) in [6.07, 6.45) is 0.481. The van der Waals surface area contributed by atoms with Crippen LogP contribution in [0.3, 0.4) is 0 Å². The van der Waals surface area contributed by atoms with Crippen LogP contribution in [0.25, 0.3) is 0 Å². The van der Waals surface area contributed by atoms with Crippen molar-refractivity contribution in [2.24, 2.45) is 0 Å². The van der Waals surface area contributed by atoms with Crippen molar-refractivity contribution >= 4 is 8.53 Å². The highest BCUT2D eigenvalue weighted by Gasteiger charge is 2.42. The molecule has 1 heterocycles. The molecule has 9 heteroatoms. The second kappa shape index (κ2) is 16.3. The summed E-state index contributed by atoms with van der Waals surface area (Å²) >= 11 is 0. The Hall–Kier alpha value is -3.02. The van der Waals surface area contributed by atoms with Gasteiger partial charge in [0.1, 0.15) is 23.2 Å². The Bertz CT molecular complexity index is 1260. The number of hydrogen-bond donors (Lipinski definition) is 0. The van der Waals surface area contributed by atoms with Crippen molar-refractivity contribution in [3.05, 3.63) is 95.6 Å². The van der Waals surface area contributed by atoms with Crippen LogP contribution in [0.1, 0.15) is 57.2 Å². The van der Waals surface area contributed by atoms with Crippen LogP contribution in [0.2, 0.25) is 0 Å². The smallest absolute Gasteiger partial charge is 0.259 e. The van der Waals surface area contributed by atoms with Crippen LogP contribution in [0, 0.1) is 11.3 Å². The van der Waals surface area contributed by atoms with Gasteiger partial charge in [-0.1, -0.05) is 54.6 Å². The van der Waals surface area contributed by atoms with E-state index < -0.39 is 14.1 Å². The summed E-state index contributed by atoms with van der Waals surface area (Å²) in [5, 5.41) is 9.12. The van der Waals surface area contributed by atoms with Crippen molar-refractivity contribution in [1.29, 1.82) is 5.26 Å². The SMILES string of the molecule is COc1ccc(C(OC[C@H]2OCCC2OP(OCCC#N)N(C(C)C)C(C)C)(c2ccccc2)c2ccc(OC)cc2)cc1. The van der Waals surface area contributed by atoms with E-state index in [0.29, 0.717) is 19.6 Å². The second-order valence-corrected chi connectivity index (χ2v) is 12.6. The maximum Gasteiger partial charge on any atom is 0.259 e. The zero-order valence-electron chi connectivity index (χ0n) is 26.6. The van der Waals surface area contributed by atoms with E-state index >= 15 is 0 Å². The van der Waals surface area contributed by atoms with Crippen molar-refractivity contribution in [3.63, 3.8) is 0 Å². The second-order valence-electron chi connectivity index (χ2n) is 11.2. The minimum atomic E-state index is -1.42. The van der Waals surface area contributed by atoms with Gasteiger partial charge in [0.25, 0.3) is 8.53 Å². The molecule has 1 saturated heterocycles. The number of benzene rings is 3. The summed E-state index contributed by atoms with van der Waals surface area (Å²) in [5.41, 5.74) is 1.95. The first kappa shape index (κ1) is 33.9. The molecule has 0 aromatic heterocycles. The number of rotatable bonds is 16. The Labute approximate surface area is 263 Å². The number of ether oxygens (including phenoxy) is 4. The van der Waals surface area contributed by atoms with E-state index in [1.807, 2.05) is 66.7 Å². The van der Waals surface area contributed by atoms with E-state index in [2.05, 4.69) is 50.6 Å². The predicted octanol–water partition coefficient (Wildman–Crippen LogP) is 7.46. The van der Waals surface area contributed by atoms with Crippen molar-refractivity contribution in [2.75, 3.05) is 34.0 Å². The molecule has 1 aliphatic rings. The topological polar surface area (TPSA) is 82.4 Å². The number of hydrogen-bond acceptors (Lipinski definition) is 8. The van der Waals surface area contributed by atoms with E-state index in [1.165, 1.54) is 0 Å². The Balaban J connectivity index is 1.69. The molecule has 236 valence electrons. The lowest BCUT2D eigenvalue weighted by molar-refractivity contribution is -0.0673. The molecule has 0 saturated carbocycles. The molecule has 44 heavy (non-hydrogen) atoms. The summed E-state index contributed by atoms with van der Waals surface area (Å²) in [7, 11) is 1.91. The third kappa shape index (κ3) is 7.97. The molecule has 2 unspecified atom stereocenters. The van der Waals surface area contributed by atoms with Gasteiger partial charge in [-0.2, -0.15) is 5.26 Å². The Morgan fingerprint density at radius 2 is 1.41 bits per heavy atom. The monoisotopic (exact) mass is 620 g/mol. The third-order valence-corrected chi connectivity index (χ3v) is 9.83. The van der Waals surface area contributed by atoms with E-state index in [9.17, 15) is 0 Å². The lowest BCUT2D eigenvalue weighted by Gasteiger charge is -2.39. The van der Waals surface area contributed by atoms with E-state index in [-0.39, 0.29) is 30.9 Å². The summed E-state index contributed by atoms with van der Waals surface area (Å²) in [6.45, 7) is 9.70. The number of methoxy groups -OCH3 is 2. The number of nitriles is 1.